The van der Waals surface area contributed by atoms with E-state index in [1.165, 1.54) is 0 Å². The Morgan fingerprint density at radius 2 is 2.08 bits per heavy atom. The molecule has 0 aliphatic carbocycles. The van der Waals surface area contributed by atoms with Crippen molar-refractivity contribution in [3.63, 3.8) is 0 Å². The van der Waals surface area contributed by atoms with Crippen molar-refractivity contribution in [3.05, 3.63) is 11.6 Å². The van der Waals surface area contributed by atoms with Gasteiger partial charge in [0, 0.05) is 7.11 Å². The molecule has 2 nitrogen and oxygen atoms in total. The molecule has 0 aromatic rings. The Hall–Kier alpha value is -0.630. The van der Waals surface area contributed by atoms with Crippen LogP contribution in [0.25, 0.3) is 0 Å². The van der Waals surface area contributed by atoms with E-state index >= 15 is 0 Å². The first-order chi connectivity index (χ1) is 6.10. The van der Waals surface area contributed by atoms with Crippen molar-refractivity contribution < 1.29 is 9.53 Å². The summed E-state index contributed by atoms with van der Waals surface area (Å²) in [6.45, 7) is 6.30. The van der Waals surface area contributed by atoms with Crippen LogP contribution in [0.5, 0.6) is 0 Å². The fourth-order valence-electron chi connectivity index (χ4n) is 1.33. The van der Waals surface area contributed by atoms with E-state index in [4.69, 9.17) is 4.74 Å². The number of ether oxygens (including phenoxy) is 1. The summed E-state index contributed by atoms with van der Waals surface area (Å²) in [5.41, 5.74) is 1.09. The first-order valence-corrected chi connectivity index (χ1v) is 4.73. The fourth-order valence-corrected chi connectivity index (χ4v) is 1.33. The molecule has 76 valence electrons. The SMILES string of the molecule is COC(C/C(C)=C/C=O)CC(C)C. The standard InChI is InChI=1S/C11H20O2/c1-9(2)7-11(13-4)8-10(3)5-6-12/h5-6,9,11H,7-8H2,1-4H3/b10-5+. The van der Waals surface area contributed by atoms with E-state index in [0.717, 1.165) is 24.7 Å². The van der Waals surface area contributed by atoms with Gasteiger partial charge < -0.3 is 4.74 Å². The summed E-state index contributed by atoms with van der Waals surface area (Å²) in [7, 11) is 1.72. The van der Waals surface area contributed by atoms with Gasteiger partial charge in [-0.15, -0.1) is 0 Å². The molecule has 0 aliphatic heterocycles. The van der Waals surface area contributed by atoms with E-state index < -0.39 is 0 Å². The van der Waals surface area contributed by atoms with Crippen molar-refractivity contribution in [2.75, 3.05) is 7.11 Å². The summed E-state index contributed by atoms with van der Waals surface area (Å²) < 4.78 is 5.32. The smallest absolute Gasteiger partial charge is 0.142 e. The first-order valence-electron chi connectivity index (χ1n) is 4.73. The molecule has 0 rings (SSSR count). The number of rotatable bonds is 6. The molecule has 0 fully saturated rings. The van der Waals surface area contributed by atoms with Gasteiger partial charge in [0.05, 0.1) is 6.10 Å². The molecule has 13 heavy (non-hydrogen) atoms. The van der Waals surface area contributed by atoms with Crippen molar-refractivity contribution in [1.29, 1.82) is 0 Å². The average Bonchev–Trinajstić information content (AvgIpc) is 2.02. The van der Waals surface area contributed by atoms with Crippen LogP contribution in [0.15, 0.2) is 11.6 Å². The lowest BCUT2D eigenvalue weighted by Crippen LogP contribution is -2.13. The molecule has 0 saturated heterocycles. The average molecular weight is 184 g/mol. The van der Waals surface area contributed by atoms with Crippen LogP contribution in [0.2, 0.25) is 0 Å². The van der Waals surface area contributed by atoms with Gasteiger partial charge in [-0.2, -0.15) is 0 Å². The second-order valence-corrected chi connectivity index (χ2v) is 3.84. The molecule has 0 radical (unpaired) electrons. The third kappa shape index (κ3) is 6.52. The van der Waals surface area contributed by atoms with E-state index in [1.807, 2.05) is 6.92 Å². The van der Waals surface area contributed by atoms with Gasteiger partial charge in [-0.3, -0.25) is 4.79 Å². The molecule has 0 N–H and O–H groups in total. The van der Waals surface area contributed by atoms with Crippen molar-refractivity contribution >= 4 is 6.29 Å². The lowest BCUT2D eigenvalue weighted by atomic mass is 10.0. The van der Waals surface area contributed by atoms with Crippen LogP contribution in [-0.2, 0) is 9.53 Å². The molecule has 0 spiro atoms. The van der Waals surface area contributed by atoms with Crippen molar-refractivity contribution in [1.82, 2.24) is 0 Å². The number of allylic oxidation sites excluding steroid dienone is 1. The van der Waals surface area contributed by atoms with Gasteiger partial charge in [0.25, 0.3) is 0 Å². The first kappa shape index (κ1) is 12.4. The zero-order chi connectivity index (χ0) is 10.3. The predicted octanol–water partition coefficient (Wildman–Crippen LogP) is 2.58. The lowest BCUT2D eigenvalue weighted by molar-refractivity contribution is -0.104. The molecule has 1 atom stereocenters. The molecule has 0 saturated carbocycles. The molecule has 0 aromatic carbocycles. The van der Waals surface area contributed by atoms with Gasteiger partial charge in [-0.1, -0.05) is 19.4 Å². The normalized spacial score (nSPS) is 14.7. The van der Waals surface area contributed by atoms with Crippen LogP contribution in [0, 0.1) is 5.92 Å². The summed E-state index contributed by atoms with van der Waals surface area (Å²) in [6.07, 6.45) is 4.58. The number of carbonyl (C=O) groups is 1. The number of methoxy groups -OCH3 is 1. The highest BCUT2D eigenvalue weighted by atomic mass is 16.5. The predicted molar refractivity (Wildman–Crippen MR) is 54.7 cm³/mol. The molecule has 0 aliphatic rings. The summed E-state index contributed by atoms with van der Waals surface area (Å²) in [5, 5.41) is 0. The Bertz CT molecular complexity index is 171. The molecule has 0 amide bonds. The Labute approximate surface area is 81.0 Å². The van der Waals surface area contributed by atoms with Crippen LogP contribution < -0.4 is 0 Å². The van der Waals surface area contributed by atoms with E-state index in [9.17, 15) is 4.79 Å². The molecule has 0 heterocycles. The van der Waals surface area contributed by atoms with Gasteiger partial charge in [0.1, 0.15) is 6.29 Å². The maximum absolute atomic E-state index is 10.2. The Morgan fingerprint density at radius 1 is 1.46 bits per heavy atom. The van der Waals surface area contributed by atoms with E-state index in [1.54, 1.807) is 13.2 Å². The molecular formula is C11H20O2. The molecule has 2 heteroatoms. The van der Waals surface area contributed by atoms with E-state index in [-0.39, 0.29) is 6.10 Å². The zero-order valence-electron chi connectivity index (χ0n) is 9.04. The fraction of sp³-hybridized carbons (Fsp3) is 0.727. The summed E-state index contributed by atoms with van der Waals surface area (Å²) in [5.74, 6) is 0.633. The minimum absolute atomic E-state index is 0.246. The lowest BCUT2D eigenvalue weighted by Gasteiger charge is -2.17. The topological polar surface area (TPSA) is 26.3 Å². The van der Waals surface area contributed by atoms with E-state index in [2.05, 4.69) is 13.8 Å². The van der Waals surface area contributed by atoms with Gasteiger partial charge in [0.15, 0.2) is 0 Å². The Balaban J connectivity index is 3.96. The highest BCUT2D eigenvalue weighted by Gasteiger charge is 2.09. The summed E-state index contributed by atoms with van der Waals surface area (Å²) in [4.78, 5) is 10.2. The van der Waals surface area contributed by atoms with Crippen molar-refractivity contribution in [2.24, 2.45) is 5.92 Å². The number of aldehydes is 1. The van der Waals surface area contributed by atoms with Gasteiger partial charge in [-0.25, -0.2) is 0 Å². The van der Waals surface area contributed by atoms with E-state index in [0.29, 0.717) is 5.92 Å². The molecule has 0 bridgehead atoms. The Morgan fingerprint density at radius 3 is 2.46 bits per heavy atom. The maximum atomic E-state index is 10.2. The van der Waals surface area contributed by atoms with Crippen LogP contribution in [-0.4, -0.2) is 19.5 Å². The molecule has 0 aromatic heterocycles. The Kier molecular flexibility index (Phi) is 6.51. The van der Waals surface area contributed by atoms with Gasteiger partial charge in [0.2, 0.25) is 0 Å². The minimum Gasteiger partial charge on any atom is -0.381 e. The van der Waals surface area contributed by atoms with Crippen LogP contribution in [0.1, 0.15) is 33.6 Å². The number of hydrogen-bond acceptors (Lipinski definition) is 2. The molecule has 1 unspecified atom stereocenters. The maximum Gasteiger partial charge on any atom is 0.142 e. The zero-order valence-corrected chi connectivity index (χ0v) is 9.04. The quantitative estimate of drug-likeness (QED) is 0.468. The van der Waals surface area contributed by atoms with Crippen LogP contribution in [0.3, 0.4) is 0 Å². The van der Waals surface area contributed by atoms with Crippen molar-refractivity contribution in [2.45, 2.75) is 39.7 Å². The second-order valence-electron chi connectivity index (χ2n) is 3.84. The monoisotopic (exact) mass is 184 g/mol. The van der Waals surface area contributed by atoms with Crippen LogP contribution in [0.4, 0.5) is 0 Å². The molecular weight excluding hydrogens is 164 g/mol. The van der Waals surface area contributed by atoms with Crippen LogP contribution >= 0.6 is 0 Å². The number of hydrogen-bond donors (Lipinski definition) is 0. The third-order valence-corrected chi connectivity index (χ3v) is 1.97. The minimum atomic E-state index is 0.246. The summed E-state index contributed by atoms with van der Waals surface area (Å²) in [6, 6.07) is 0. The highest BCUT2D eigenvalue weighted by Crippen LogP contribution is 2.15. The van der Waals surface area contributed by atoms with Gasteiger partial charge >= 0.3 is 0 Å². The van der Waals surface area contributed by atoms with Crippen molar-refractivity contribution in [3.8, 4) is 0 Å². The van der Waals surface area contributed by atoms with Gasteiger partial charge in [-0.05, 0) is 31.8 Å². The summed E-state index contributed by atoms with van der Waals surface area (Å²) >= 11 is 0. The largest absolute Gasteiger partial charge is 0.381 e. The highest BCUT2D eigenvalue weighted by molar-refractivity contribution is 5.65. The second kappa shape index (κ2) is 6.84. The third-order valence-electron chi connectivity index (χ3n) is 1.97. The number of carbonyl (C=O) groups excluding carboxylic acids is 1.